The van der Waals surface area contributed by atoms with Crippen LogP contribution in [-0.2, 0) is 29.9 Å². The minimum Gasteiger partial charge on any atom is -0.221 e. The highest BCUT2D eigenvalue weighted by Gasteiger charge is 2.63. The Bertz CT molecular complexity index is 749. The molecule has 0 heterocycles. The molecule has 0 saturated heterocycles. The van der Waals surface area contributed by atoms with E-state index in [0.717, 1.165) is 0 Å². The van der Waals surface area contributed by atoms with Crippen molar-refractivity contribution < 1.29 is 47.2 Å². The number of nitrogens with one attached hydrogen (secondary N) is 1. The van der Waals surface area contributed by atoms with Crippen molar-refractivity contribution in [3.8, 4) is 0 Å². The van der Waals surface area contributed by atoms with E-state index in [9.17, 15) is 47.2 Å². The number of hydrogen-bond donors (Lipinski definition) is 1. The Morgan fingerprint density at radius 1 is 0.739 bits per heavy atom. The average Bonchev–Trinajstić information content (AvgIpc) is 2.36. The molecule has 0 aromatic carbocycles. The number of halogens is 5. The predicted molar refractivity (Wildman–Crippen MR) is 67.8 cm³/mol. The number of sulfone groups is 1. The summed E-state index contributed by atoms with van der Waals surface area (Å²) in [5.41, 5.74) is -6.20. The highest BCUT2D eigenvalue weighted by molar-refractivity contribution is 8.14. The third-order valence-corrected chi connectivity index (χ3v) is 9.52. The first kappa shape index (κ1) is 20.5. The summed E-state index contributed by atoms with van der Waals surface area (Å²) in [4.78, 5) is 0. The van der Waals surface area contributed by atoms with Crippen LogP contribution in [0, 0.1) is 0 Å². The van der Waals surface area contributed by atoms with E-state index in [4.69, 9.17) is 0 Å². The molecule has 0 aromatic heterocycles. The van der Waals surface area contributed by atoms with E-state index in [2.05, 4.69) is 0 Å². The van der Waals surface area contributed by atoms with Crippen LogP contribution in [-0.4, -0.2) is 40.6 Å². The van der Waals surface area contributed by atoms with Gasteiger partial charge in [0.15, 0.2) is 0 Å². The van der Waals surface area contributed by atoms with Gasteiger partial charge in [0.2, 0.25) is 9.84 Å². The minimum absolute atomic E-state index is 0.217. The van der Waals surface area contributed by atoms with Crippen molar-refractivity contribution in [3.05, 3.63) is 0 Å². The summed E-state index contributed by atoms with van der Waals surface area (Å²) in [6.07, 6.45) is 0.382. The number of rotatable bonds is 5. The van der Waals surface area contributed by atoms with Gasteiger partial charge >= 0.3 is 30.1 Å². The van der Waals surface area contributed by atoms with Crippen molar-refractivity contribution in [1.29, 1.82) is 0 Å². The Hall–Kier alpha value is -0.540. The SMILES string of the molecule is O=S(=O)(NS(=O)(=O)C(F)(F)S(=O)(=O)C1CCCCC1)C(F)(F)F. The maximum absolute atomic E-state index is 13.8. The number of sulfonamides is 2. The molecule has 0 bridgehead atoms. The molecule has 0 spiro atoms. The van der Waals surface area contributed by atoms with Crippen LogP contribution in [0.5, 0.6) is 0 Å². The third-order valence-electron chi connectivity index (χ3n) is 3.16. The van der Waals surface area contributed by atoms with Gasteiger partial charge in [0.05, 0.1) is 5.25 Å². The second-order valence-electron chi connectivity index (χ2n) is 4.80. The zero-order valence-electron chi connectivity index (χ0n) is 11.2. The Morgan fingerprint density at radius 2 is 1.17 bits per heavy atom. The summed E-state index contributed by atoms with van der Waals surface area (Å²) in [5, 5.41) is -1.78. The van der Waals surface area contributed by atoms with Crippen molar-refractivity contribution in [2.24, 2.45) is 0 Å². The molecule has 15 heteroatoms. The zero-order valence-corrected chi connectivity index (χ0v) is 13.6. The summed E-state index contributed by atoms with van der Waals surface area (Å²) in [7, 11) is -19.2. The van der Waals surface area contributed by atoms with Gasteiger partial charge in [-0.1, -0.05) is 23.4 Å². The van der Waals surface area contributed by atoms with E-state index in [1.165, 1.54) is 0 Å². The van der Waals surface area contributed by atoms with Crippen LogP contribution in [0.15, 0.2) is 0 Å². The van der Waals surface area contributed by atoms with E-state index in [0.29, 0.717) is 6.42 Å². The molecule has 7 nitrogen and oxygen atoms in total. The Morgan fingerprint density at radius 3 is 1.57 bits per heavy atom. The van der Waals surface area contributed by atoms with Crippen LogP contribution < -0.4 is 4.13 Å². The zero-order chi connectivity index (χ0) is 18.3. The van der Waals surface area contributed by atoms with Crippen molar-refractivity contribution in [2.75, 3.05) is 0 Å². The monoisotopic (exact) mass is 409 g/mol. The second kappa shape index (κ2) is 6.07. The molecule has 138 valence electrons. The lowest BCUT2D eigenvalue weighted by atomic mass is 10.0. The van der Waals surface area contributed by atoms with Gasteiger partial charge in [-0.2, -0.15) is 22.0 Å². The van der Waals surface area contributed by atoms with Crippen LogP contribution in [0.3, 0.4) is 0 Å². The van der Waals surface area contributed by atoms with Gasteiger partial charge in [0.1, 0.15) is 0 Å². The Kier molecular flexibility index (Phi) is 5.41. The fraction of sp³-hybridized carbons (Fsp3) is 1.00. The minimum atomic E-state index is -6.71. The van der Waals surface area contributed by atoms with E-state index >= 15 is 0 Å². The quantitative estimate of drug-likeness (QED) is 0.679. The molecule has 1 N–H and O–H groups in total. The average molecular weight is 409 g/mol. The third kappa shape index (κ3) is 3.76. The lowest BCUT2D eigenvalue weighted by molar-refractivity contribution is -0.0441. The summed E-state index contributed by atoms with van der Waals surface area (Å²) < 4.78 is 125. The van der Waals surface area contributed by atoms with E-state index in [-0.39, 0.29) is 29.8 Å². The van der Waals surface area contributed by atoms with Crippen LogP contribution in [0.4, 0.5) is 22.0 Å². The van der Waals surface area contributed by atoms with Crippen molar-refractivity contribution in [1.82, 2.24) is 4.13 Å². The molecule has 0 atom stereocenters. The maximum Gasteiger partial charge on any atom is 0.512 e. The standard InChI is InChI=1S/C8H12F5NO6S3/c9-7(10,11)22(17,18)14-23(19,20)8(12,13)21(15,16)6-4-2-1-3-5-6/h6,14H,1-5H2. The van der Waals surface area contributed by atoms with Gasteiger partial charge in [0.25, 0.3) is 0 Å². The molecule has 0 unspecified atom stereocenters. The molecule has 0 aliphatic heterocycles. The van der Waals surface area contributed by atoms with E-state index in [1.54, 1.807) is 0 Å². The first-order valence-electron chi connectivity index (χ1n) is 6.02. The smallest absolute Gasteiger partial charge is 0.221 e. The second-order valence-corrected chi connectivity index (χ2v) is 11.0. The largest absolute Gasteiger partial charge is 0.512 e. The van der Waals surface area contributed by atoms with Crippen molar-refractivity contribution in [3.63, 3.8) is 0 Å². The van der Waals surface area contributed by atoms with Gasteiger partial charge in [-0.15, -0.1) is 0 Å². The topological polar surface area (TPSA) is 114 Å². The molecule has 0 radical (unpaired) electrons. The fourth-order valence-electron chi connectivity index (χ4n) is 1.96. The van der Waals surface area contributed by atoms with E-state index < -0.39 is 45.2 Å². The molecule has 23 heavy (non-hydrogen) atoms. The van der Waals surface area contributed by atoms with Gasteiger partial charge in [-0.25, -0.2) is 25.3 Å². The fourth-order valence-corrected chi connectivity index (χ4v) is 7.16. The number of hydrogen-bond acceptors (Lipinski definition) is 6. The van der Waals surface area contributed by atoms with Gasteiger partial charge in [-0.05, 0) is 12.8 Å². The summed E-state index contributed by atoms with van der Waals surface area (Å²) >= 11 is 0. The molecule has 0 amide bonds. The lowest BCUT2D eigenvalue weighted by Crippen LogP contribution is -2.52. The summed E-state index contributed by atoms with van der Waals surface area (Å²) in [6, 6.07) is 0. The molecule has 1 aliphatic rings. The van der Waals surface area contributed by atoms with Gasteiger partial charge in [0, 0.05) is 0 Å². The normalized spacial score (nSPS) is 19.7. The van der Waals surface area contributed by atoms with Crippen LogP contribution >= 0.6 is 0 Å². The molecular formula is C8H12F5NO6S3. The van der Waals surface area contributed by atoms with Crippen molar-refractivity contribution in [2.45, 2.75) is 47.4 Å². The lowest BCUT2D eigenvalue weighted by Gasteiger charge is -2.26. The van der Waals surface area contributed by atoms with Crippen molar-refractivity contribution >= 4 is 29.9 Å². The summed E-state index contributed by atoms with van der Waals surface area (Å²) in [5.74, 6) is 0. The molecule has 1 rings (SSSR count). The predicted octanol–water partition coefficient (Wildman–Crippen LogP) is 1.05. The van der Waals surface area contributed by atoms with Crippen LogP contribution in [0.25, 0.3) is 0 Å². The highest BCUT2D eigenvalue weighted by Crippen LogP contribution is 2.37. The van der Waals surface area contributed by atoms with Crippen LogP contribution in [0.1, 0.15) is 32.1 Å². The summed E-state index contributed by atoms with van der Waals surface area (Å²) in [6.45, 7) is 0. The molecule has 1 aliphatic carbocycles. The first-order valence-corrected chi connectivity index (χ1v) is 10.5. The first-order chi connectivity index (χ1) is 10.1. The Labute approximate surface area is 129 Å². The maximum atomic E-state index is 13.8. The van der Waals surface area contributed by atoms with E-state index in [1.807, 2.05) is 0 Å². The number of alkyl halides is 5. The molecular weight excluding hydrogens is 397 g/mol. The molecule has 0 aromatic rings. The molecule has 1 fully saturated rings. The highest BCUT2D eigenvalue weighted by atomic mass is 32.3. The van der Waals surface area contributed by atoms with Crippen LogP contribution in [0.2, 0.25) is 0 Å². The Balaban J connectivity index is 3.25. The van der Waals surface area contributed by atoms with Gasteiger partial charge < -0.3 is 0 Å². The van der Waals surface area contributed by atoms with Gasteiger partial charge in [-0.3, -0.25) is 0 Å². The molecule has 1 saturated carbocycles.